The van der Waals surface area contributed by atoms with Crippen molar-refractivity contribution in [1.29, 1.82) is 0 Å². The second-order valence-corrected chi connectivity index (χ2v) is 7.05. The van der Waals surface area contributed by atoms with Crippen LogP contribution in [-0.2, 0) is 11.8 Å². The molecule has 3 aromatic heterocycles. The summed E-state index contributed by atoms with van der Waals surface area (Å²) in [6.45, 7) is 3.24. The molecule has 0 radical (unpaired) electrons. The number of carbonyl (C=O) groups is 1. The van der Waals surface area contributed by atoms with Crippen LogP contribution < -0.4 is 5.32 Å². The first-order chi connectivity index (χ1) is 14.1. The van der Waals surface area contributed by atoms with Crippen molar-refractivity contribution in [2.45, 2.75) is 19.3 Å². The Morgan fingerprint density at radius 1 is 1.21 bits per heavy atom. The normalized spacial score (nSPS) is 16.5. The van der Waals surface area contributed by atoms with E-state index in [9.17, 15) is 4.79 Å². The summed E-state index contributed by atoms with van der Waals surface area (Å²) in [5.74, 6) is 2.34. The molecule has 0 aliphatic carbocycles. The number of anilines is 2. The Morgan fingerprint density at radius 3 is 2.86 bits per heavy atom. The fraction of sp³-hybridized carbons (Fsp3) is 0.286. The summed E-state index contributed by atoms with van der Waals surface area (Å²) in [5, 5.41) is 7.33. The van der Waals surface area contributed by atoms with Crippen molar-refractivity contribution in [3.63, 3.8) is 0 Å². The molecule has 0 saturated carbocycles. The van der Waals surface area contributed by atoms with Gasteiger partial charge in [-0.15, -0.1) is 0 Å². The van der Waals surface area contributed by atoms with E-state index in [2.05, 4.69) is 25.4 Å². The number of carbonyl (C=O) groups excluding carboxylic acids is 1. The molecule has 0 spiro atoms. The first kappa shape index (κ1) is 18.8. The van der Waals surface area contributed by atoms with Crippen molar-refractivity contribution in [3.8, 4) is 0 Å². The molecule has 1 aliphatic rings. The highest BCUT2D eigenvalue weighted by atomic mass is 16.2. The van der Waals surface area contributed by atoms with Gasteiger partial charge in [-0.25, -0.2) is 15.0 Å². The molecule has 4 rings (SSSR count). The van der Waals surface area contributed by atoms with Gasteiger partial charge in [-0.1, -0.05) is 6.07 Å². The summed E-state index contributed by atoms with van der Waals surface area (Å²) in [7, 11) is 1.85. The van der Waals surface area contributed by atoms with Crippen LogP contribution in [0.15, 0.2) is 48.8 Å². The molecule has 0 aromatic carbocycles. The quantitative estimate of drug-likeness (QED) is 0.675. The maximum absolute atomic E-state index is 12.6. The molecule has 1 saturated heterocycles. The van der Waals surface area contributed by atoms with Gasteiger partial charge in [0.2, 0.25) is 5.91 Å². The van der Waals surface area contributed by atoms with Crippen molar-refractivity contribution in [2.24, 2.45) is 7.05 Å². The van der Waals surface area contributed by atoms with Crippen LogP contribution in [0.25, 0.3) is 6.08 Å². The average molecular weight is 389 g/mol. The Kier molecular flexibility index (Phi) is 5.33. The van der Waals surface area contributed by atoms with Crippen molar-refractivity contribution in [2.75, 3.05) is 18.4 Å². The molecule has 4 heterocycles. The van der Waals surface area contributed by atoms with E-state index in [1.165, 1.54) is 0 Å². The first-order valence-electron chi connectivity index (χ1n) is 9.57. The van der Waals surface area contributed by atoms with Crippen molar-refractivity contribution < 1.29 is 4.79 Å². The number of rotatable bonds is 5. The molecule has 1 amide bonds. The minimum Gasteiger partial charge on any atom is -0.338 e. The van der Waals surface area contributed by atoms with E-state index < -0.39 is 0 Å². The van der Waals surface area contributed by atoms with E-state index in [0.717, 1.165) is 23.6 Å². The predicted molar refractivity (Wildman–Crippen MR) is 110 cm³/mol. The number of hydrogen-bond donors (Lipinski definition) is 1. The highest BCUT2D eigenvalue weighted by Gasteiger charge is 2.27. The van der Waals surface area contributed by atoms with Gasteiger partial charge in [0.25, 0.3) is 0 Å². The highest BCUT2D eigenvalue weighted by molar-refractivity contribution is 5.91. The topological polar surface area (TPSA) is 88.8 Å². The molecular formula is C21H23N7O. The van der Waals surface area contributed by atoms with Gasteiger partial charge in [-0.2, -0.15) is 5.10 Å². The molecule has 8 nitrogen and oxygen atoms in total. The monoisotopic (exact) mass is 389 g/mol. The van der Waals surface area contributed by atoms with Crippen molar-refractivity contribution >= 4 is 23.6 Å². The van der Waals surface area contributed by atoms with E-state index in [0.29, 0.717) is 24.7 Å². The fourth-order valence-electron chi connectivity index (χ4n) is 3.44. The average Bonchev–Trinajstić information content (AvgIpc) is 3.36. The Balaban J connectivity index is 1.44. The van der Waals surface area contributed by atoms with E-state index in [4.69, 9.17) is 0 Å². The maximum Gasteiger partial charge on any atom is 0.246 e. The number of aryl methyl sites for hydroxylation is 2. The second kappa shape index (κ2) is 8.22. The van der Waals surface area contributed by atoms with Crippen LogP contribution >= 0.6 is 0 Å². The lowest BCUT2D eigenvalue weighted by atomic mass is 10.0. The molecule has 3 aromatic rings. The van der Waals surface area contributed by atoms with Crippen LogP contribution in [0.5, 0.6) is 0 Å². The number of pyridine rings is 1. The number of hydrogen-bond acceptors (Lipinski definition) is 6. The van der Waals surface area contributed by atoms with E-state index in [-0.39, 0.29) is 11.8 Å². The zero-order chi connectivity index (χ0) is 20.2. The number of aromatic nitrogens is 5. The van der Waals surface area contributed by atoms with Crippen LogP contribution in [0.3, 0.4) is 0 Å². The molecule has 1 N–H and O–H groups in total. The first-order valence-corrected chi connectivity index (χ1v) is 9.57. The zero-order valence-corrected chi connectivity index (χ0v) is 16.5. The second-order valence-electron chi connectivity index (χ2n) is 7.05. The highest BCUT2D eigenvalue weighted by Crippen LogP contribution is 2.28. The summed E-state index contributed by atoms with van der Waals surface area (Å²) < 4.78 is 1.73. The maximum atomic E-state index is 12.6. The summed E-state index contributed by atoms with van der Waals surface area (Å²) in [6, 6.07) is 9.50. The fourth-order valence-corrected chi connectivity index (χ4v) is 3.44. The third kappa shape index (κ3) is 4.48. The lowest BCUT2D eigenvalue weighted by molar-refractivity contribution is -0.124. The van der Waals surface area contributed by atoms with E-state index in [1.54, 1.807) is 29.2 Å². The molecule has 0 bridgehead atoms. The van der Waals surface area contributed by atoms with Crippen LogP contribution in [0, 0.1) is 6.92 Å². The minimum absolute atomic E-state index is 0.00584. The van der Waals surface area contributed by atoms with Gasteiger partial charge < -0.3 is 10.2 Å². The van der Waals surface area contributed by atoms with Gasteiger partial charge in [0.15, 0.2) is 0 Å². The molecule has 1 unspecified atom stereocenters. The lowest BCUT2D eigenvalue weighted by Gasteiger charge is -2.15. The minimum atomic E-state index is 0.00584. The smallest absolute Gasteiger partial charge is 0.246 e. The number of amides is 1. The molecule has 1 atom stereocenters. The Hall–Kier alpha value is -3.55. The molecular weight excluding hydrogens is 366 g/mol. The van der Waals surface area contributed by atoms with E-state index in [1.807, 2.05) is 49.2 Å². The summed E-state index contributed by atoms with van der Waals surface area (Å²) in [4.78, 5) is 27.8. The van der Waals surface area contributed by atoms with Gasteiger partial charge in [-0.3, -0.25) is 9.48 Å². The summed E-state index contributed by atoms with van der Waals surface area (Å²) in [6.07, 6.45) is 7.73. The summed E-state index contributed by atoms with van der Waals surface area (Å²) in [5.41, 5.74) is 1.84. The molecule has 8 heteroatoms. The Bertz CT molecular complexity index is 1030. The SMILES string of the molecule is Cc1nc(Nc2ccccn2)cc(C2CCN(C(=O)C=Cc3ccnn3C)C2)n1. The zero-order valence-electron chi connectivity index (χ0n) is 16.5. The van der Waals surface area contributed by atoms with Crippen LogP contribution in [-0.4, -0.2) is 48.6 Å². The Labute approximate surface area is 169 Å². The van der Waals surface area contributed by atoms with Gasteiger partial charge in [0.05, 0.1) is 11.4 Å². The molecule has 1 fully saturated rings. The van der Waals surface area contributed by atoms with Crippen LogP contribution in [0.1, 0.15) is 29.6 Å². The number of likely N-dealkylation sites (tertiary alicyclic amines) is 1. The van der Waals surface area contributed by atoms with Crippen LogP contribution in [0.4, 0.5) is 11.6 Å². The molecule has 148 valence electrons. The van der Waals surface area contributed by atoms with Gasteiger partial charge >= 0.3 is 0 Å². The van der Waals surface area contributed by atoms with Crippen molar-refractivity contribution in [1.82, 2.24) is 29.6 Å². The third-order valence-electron chi connectivity index (χ3n) is 4.95. The third-order valence-corrected chi connectivity index (χ3v) is 4.95. The molecule has 29 heavy (non-hydrogen) atoms. The van der Waals surface area contributed by atoms with Crippen LogP contribution in [0.2, 0.25) is 0 Å². The van der Waals surface area contributed by atoms with Gasteiger partial charge in [0, 0.05) is 50.6 Å². The summed E-state index contributed by atoms with van der Waals surface area (Å²) >= 11 is 0. The lowest BCUT2D eigenvalue weighted by Crippen LogP contribution is -2.26. The van der Waals surface area contributed by atoms with Gasteiger partial charge in [-0.05, 0) is 37.6 Å². The largest absolute Gasteiger partial charge is 0.338 e. The standard InChI is InChI=1S/C21H23N7O/c1-15-24-18(13-20(25-15)26-19-5-3-4-10-22-19)16-9-12-28(14-16)21(29)7-6-17-8-11-23-27(17)2/h3-8,10-11,13,16H,9,12,14H2,1-2H3,(H,22,24,25,26). The number of nitrogens with zero attached hydrogens (tertiary/aromatic N) is 6. The predicted octanol–water partition coefficient (Wildman–Crippen LogP) is 2.69. The van der Waals surface area contributed by atoms with Gasteiger partial charge in [0.1, 0.15) is 17.5 Å². The number of nitrogens with one attached hydrogen (secondary N) is 1. The van der Waals surface area contributed by atoms with Crippen molar-refractivity contribution in [3.05, 3.63) is 66.0 Å². The molecule has 1 aliphatic heterocycles. The van der Waals surface area contributed by atoms with E-state index >= 15 is 0 Å². The Morgan fingerprint density at radius 2 is 2.10 bits per heavy atom.